The summed E-state index contributed by atoms with van der Waals surface area (Å²) < 4.78 is 15.1. The zero-order valence-corrected chi connectivity index (χ0v) is 15.6. The number of halogens is 1. The molecule has 1 heterocycles. The molecule has 0 bridgehead atoms. The van der Waals surface area contributed by atoms with Crippen molar-refractivity contribution in [2.75, 3.05) is 5.32 Å². The number of hydrogen-bond donors (Lipinski definition) is 1. The van der Waals surface area contributed by atoms with Gasteiger partial charge in [-0.3, -0.25) is 9.59 Å². The molecular weight excluding hydrogens is 383 g/mol. The number of nitriles is 1. The topological polar surface area (TPSA) is 87.8 Å². The van der Waals surface area contributed by atoms with Crippen LogP contribution in [0.1, 0.15) is 10.5 Å². The standard InChI is InChI=1S/C23H15FN4O2/c24-18-9-3-4-11-21(18)28-13-12-20(27-28)22(29)17(14-25)23(30)26-19-10-5-7-15-6-1-2-8-16(15)19/h1-13,17H,(H,26,30). The summed E-state index contributed by atoms with van der Waals surface area (Å²) in [6, 6.07) is 21.9. The molecule has 0 aliphatic rings. The van der Waals surface area contributed by atoms with E-state index in [2.05, 4.69) is 10.4 Å². The third-order valence-electron chi connectivity index (χ3n) is 4.64. The Labute approximate surface area is 171 Å². The van der Waals surface area contributed by atoms with Gasteiger partial charge in [0.05, 0.1) is 6.07 Å². The molecule has 0 spiro atoms. The number of benzene rings is 3. The third kappa shape index (κ3) is 3.54. The van der Waals surface area contributed by atoms with E-state index in [0.29, 0.717) is 5.69 Å². The van der Waals surface area contributed by atoms with Crippen LogP contribution in [0.5, 0.6) is 0 Å². The summed E-state index contributed by atoms with van der Waals surface area (Å²) in [5, 5.41) is 17.9. The summed E-state index contributed by atoms with van der Waals surface area (Å²) in [5.74, 6) is -3.61. The Morgan fingerprint density at radius 3 is 2.53 bits per heavy atom. The highest BCUT2D eigenvalue weighted by molar-refractivity contribution is 6.16. The van der Waals surface area contributed by atoms with Gasteiger partial charge in [-0.15, -0.1) is 0 Å². The van der Waals surface area contributed by atoms with Crippen LogP contribution in [0.2, 0.25) is 0 Å². The lowest BCUT2D eigenvalue weighted by molar-refractivity contribution is -0.117. The van der Waals surface area contributed by atoms with E-state index < -0.39 is 23.4 Å². The largest absolute Gasteiger partial charge is 0.324 e. The van der Waals surface area contributed by atoms with Gasteiger partial charge in [0.25, 0.3) is 0 Å². The summed E-state index contributed by atoms with van der Waals surface area (Å²) in [5.41, 5.74) is 0.561. The highest BCUT2D eigenvalue weighted by Crippen LogP contribution is 2.24. The maximum absolute atomic E-state index is 13.9. The molecule has 4 rings (SSSR count). The number of carbonyl (C=O) groups excluding carboxylic acids is 2. The molecule has 4 aromatic rings. The lowest BCUT2D eigenvalue weighted by Crippen LogP contribution is -2.29. The third-order valence-corrected chi connectivity index (χ3v) is 4.64. The summed E-state index contributed by atoms with van der Waals surface area (Å²) >= 11 is 0. The first-order valence-corrected chi connectivity index (χ1v) is 9.11. The molecular formula is C23H15FN4O2. The number of amides is 1. The van der Waals surface area contributed by atoms with Gasteiger partial charge in [-0.05, 0) is 29.7 Å². The van der Waals surface area contributed by atoms with Gasteiger partial charge in [0, 0.05) is 17.3 Å². The number of nitrogens with one attached hydrogen (secondary N) is 1. The van der Waals surface area contributed by atoms with E-state index in [1.54, 1.807) is 24.3 Å². The van der Waals surface area contributed by atoms with E-state index in [-0.39, 0.29) is 11.4 Å². The van der Waals surface area contributed by atoms with Crippen molar-refractivity contribution in [2.24, 2.45) is 5.92 Å². The Balaban J connectivity index is 1.58. The molecule has 0 aliphatic heterocycles. The summed E-state index contributed by atoms with van der Waals surface area (Å²) in [6.45, 7) is 0. The van der Waals surface area contributed by atoms with E-state index >= 15 is 0 Å². The highest BCUT2D eigenvalue weighted by atomic mass is 19.1. The van der Waals surface area contributed by atoms with Gasteiger partial charge in [-0.1, -0.05) is 48.5 Å². The number of hydrogen-bond acceptors (Lipinski definition) is 4. The molecule has 0 fully saturated rings. The van der Waals surface area contributed by atoms with Crippen molar-refractivity contribution in [1.29, 1.82) is 5.26 Å². The summed E-state index contributed by atoms with van der Waals surface area (Å²) in [7, 11) is 0. The average molecular weight is 398 g/mol. The number of carbonyl (C=O) groups is 2. The van der Waals surface area contributed by atoms with Crippen LogP contribution in [-0.2, 0) is 4.79 Å². The van der Waals surface area contributed by atoms with Crippen LogP contribution in [0.3, 0.4) is 0 Å². The molecule has 1 aromatic heterocycles. The molecule has 0 aliphatic carbocycles. The zero-order chi connectivity index (χ0) is 21.1. The number of para-hydroxylation sites is 1. The van der Waals surface area contributed by atoms with Crippen molar-refractivity contribution in [3.05, 3.63) is 90.5 Å². The van der Waals surface area contributed by atoms with Gasteiger partial charge in [-0.25, -0.2) is 9.07 Å². The minimum Gasteiger partial charge on any atom is -0.324 e. The second-order valence-corrected chi connectivity index (χ2v) is 6.54. The number of ketones is 1. The molecule has 3 aromatic carbocycles. The van der Waals surface area contributed by atoms with Crippen molar-refractivity contribution >= 4 is 28.2 Å². The Kier molecular flexibility index (Phi) is 5.06. The predicted molar refractivity (Wildman–Crippen MR) is 110 cm³/mol. The van der Waals surface area contributed by atoms with Crippen LogP contribution >= 0.6 is 0 Å². The Morgan fingerprint density at radius 2 is 1.73 bits per heavy atom. The Bertz CT molecular complexity index is 1300. The normalized spacial score (nSPS) is 11.6. The van der Waals surface area contributed by atoms with Gasteiger partial charge >= 0.3 is 0 Å². The van der Waals surface area contributed by atoms with Gasteiger partial charge in [0.1, 0.15) is 17.2 Å². The van der Waals surface area contributed by atoms with Crippen molar-refractivity contribution in [1.82, 2.24) is 9.78 Å². The highest BCUT2D eigenvalue weighted by Gasteiger charge is 2.29. The first-order valence-electron chi connectivity index (χ1n) is 9.11. The molecule has 1 unspecified atom stereocenters. The molecule has 1 N–H and O–H groups in total. The van der Waals surface area contributed by atoms with Crippen molar-refractivity contribution in [3.63, 3.8) is 0 Å². The van der Waals surface area contributed by atoms with Crippen LogP contribution in [0.15, 0.2) is 79.0 Å². The Hall–Kier alpha value is -4.31. The fourth-order valence-corrected chi connectivity index (χ4v) is 3.15. The monoisotopic (exact) mass is 398 g/mol. The van der Waals surface area contributed by atoms with Gasteiger partial charge in [0.2, 0.25) is 11.7 Å². The van der Waals surface area contributed by atoms with E-state index in [4.69, 9.17) is 0 Å². The predicted octanol–water partition coefficient (Wildman–Crippen LogP) is 4.13. The van der Waals surface area contributed by atoms with Crippen LogP contribution in [0.4, 0.5) is 10.1 Å². The van der Waals surface area contributed by atoms with Crippen LogP contribution in [0.25, 0.3) is 16.5 Å². The van der Waals surface area contributed by atoms with Gasteiger partial charge in [0.15, 0.2) is 5.92 Å². The molecule has 146 valence electrons. The van der Waals surface area contributed by atoms with Crippen molar-refractivity contribution in [2.45, 2.75) is 0 Å². The molecule has 0 radical (unpaired) electrons. The molecule has 1 atom stereocenters. The quantitative estimate of drug-likeness (QED) is 0.405. The minimum atomic E-state index is -1.59. The fraction of sp³-hybridized carbons (Fsp3) is 0.0435. The van der Waals surface area contributed by atoms with E-state index in [9.17, 15) is 19.2 Å². The second kappa shape index (κ2) is 7.97. The van der Waals surface area contributed by atoms with E-state index in [1.165, 1.54) is 35.1 Å². The lowest BCUT2D eigenvalue weighted by atomic mass is 10.0. The second-order valence-electron chi connectivity index (χ2n) is 6.54. The number of fused-ring (bicyclic) bond motifs is 1. The van der Waals surface area contributed by atoms with Crippen LogP contribution in [0, 0.1) is 23.1 Å². The van der Waals surface area contributed by atoms with Crippen molar-refractivity contribution in [3.8, 4) is 11.8 Å². The van der Waals surface area contributed by atoms with E-state index in [0.717, 1.165) is 10.8 Å². The van der Waals surface area contributed by atoms with Crippen LogP contribution in [-0.4, -0.2) is 21.5 Å². The molecule has 30 heavy (non-hydrogen) atoms. The summed E-state index contributed by atoms with van der Waals surface area (Å²) in [4.78, 5) is 25.4. The maximum Gasteiger partial charge on any atom is 0.249 e. The smallest absolute Gasteiger partial charge is 0.249 e. The first-order chi connectivity index (χ1) is 14.6. The number of aromatic nitrogens is 2. The molecule has 0 saturated heterocycles. The number of anilines is 1. The fourth-order valence-electron chi connectivity index (χ4n) is 3.15. The number of Topliss-reactive ketones (excluding diaryl/α,β-unsaturated/α-hetero) is 1. The molecule has 0 saturated carbocycles. The lowest BCUT2D eigenvalue weighted by Gasteiger charge is -2.11. The maximum atomic E-state index is 13.9. The average Bonchev–Trinajstić information content (AvgIpc) is 3.25. The molecule has 1 amide bonds. The van der Waals surface area contributed by atoms with Gasteiger partial charge in [-0.2, -0.15) is 10.4 Å². The summed E-state index contributed by atoms with van der Waals surface area (Å²) in [6.07, 6.45) is 1.41. The van der Waals surface area contributed by atoms with Crippen molar-refractivity contribution < 1.29 is 14.0 Å². The Morgan fingerprint density at radius 1 is 1.00 bits per heavy atom. The van der Waals surface area contributed by atoms with Crippen LogP contribution < -0.4 is 5.32 Å². The number of nitrogens with zero attached hydrogens (tertiary/aromatic N) is 3. The van der Waals surface area contributed by atoms with Gasteiger partial charge < -0.3 is 5.32 Å². The minimum absolute atomic E-state index is 0.0992. The first kappa shape index (κ1) is 19.0. The number of rotatable bonds is 5. The molecule has 6 nitrogen and oxygen atoms in total. The SMILES string of the molecule is N#CC(C(=O)Nc1cccc2ccccc12)C(=O)c1ccn(-c2ccccc2F)n1. The molecule has 7 heteroatoms. The zero-order valence-electron chi connectivity index (χ0n) is 15.6. The van der Waals surface area contributed by atoms with E-state index in [1.807, 2.05) is 30.3 Å².